The van der Waals surface area contributed by atoms with E-state index >= 15 is 0 Å². The summed E-state index contributed by atoms with van der Waals surface area (Å²) in [5.74, 6) is 1.29. The molecule has 0 bridgehead atoms. The lowest BCUT2D eigenvalue weighted by atomic mass is 9.76. The molecule has 1 saturated carbocycles. The van der Waals surface area contributed by atoms with Gasteiger partial charge >= 0.3 is 5.97 Å². The highest BCUT2D eigenvalue weighted by Crippen LogP contribution is 2.34. The van der Waals surface area contributed by atoms with Crippen molar-refractivity contribution in [1.29, 1.82) is 0 Å². The average molecular weight is 338 g/mol. The summed E-state index contributed by atoms with van der Waals surface area (Å²) in [6, 6.07) is 0.274. The van der Waals surface area contributed by atoms with E-state index in [1.807, 2.05) is 11.9 Å². The first kappa shape index (κ1) is 19.2. The van der Waals surface area contributed by atoms with Crippen LogP contribution >= 0.6 is 0 Å². The van der Waals surface area contributed by atoms with E-state index in [1.54, 1.807) is 0 Å². The van der Waals surface area contributed by atoms with Crippen LogP contribution in [-0.4, -0.2) is 59.5 Å². The van der Waals surface area contributed by atoms with Gasteiger partial charge in [0.25, 0.3) is 0 Å². The van der Waals surface area contributed by atoms with Crippen LogP contribution in [0.4, 0.5) is 0 Å². The number of likely N-dealkylation sites (N-methyl/N-ethyl adjacent to an activating group) is 1. The van der Waals surface area contributed by atoms with Crippen molar-refractivity contribution in [3.8, 4) is 0 Å². The van der Waals surface area contributed by atoms with E-state index in [0.717, 1.165) is 57.0 Å². The fraction of sp³-hybridized carbons (Fsp3) is 0.895. The van der Waals surface area contributed by atoms with Crippen molar-refractivity contribution >= 4 is 11.9 Å². The Hall–Kier alpha value is -1.10. The maximum Gasteiger partial charge on any atom is 0.317 e. The third kappa shape index (κ3) is 5.20. The molecule has 1 aliphatic heterocycles. The SMILES string of the molecule is CC(C)C1CCC(C(=O)N2CCCC(N(C)CC(=O)O)CC2)CC1. The molecule has 2 rings (SSSR count). The number of carboxylic acid groups (broad SMARTS) is 1. The number of carboxylic acids is 1. The summed E-state index contributed by atoms with van der Waals surface area (Å²) in [6.45, 7) is 6.26. The first-order chi connectivity index (χ1) is 11.4. The Bertz CT molecular complexity index is 430. The van der Waals surface area contributed by atoms with Gasteiger partial charge in [-0.1, -0.05) is 13.8 Å². The zero-order valence-corrected chi connectivity index (χ0v) is 15.5. The molecule has 1 atom stereocenters. The highest BCUT2D eigenvalue weighted by Gasteiger charge is 2.32. The van der Waals surface area contributed by atoms with E-state index in [1.165, 1.54) is 12.8 Å². The molecule has 1 N–H and O–H groups in total. The molecule has 1 unspecified atom stereocenters. The van der Waals surface area contributed by atoms with Crippen LogP contribution in [0, 0.1) is 17.8 Å². The zero-order valence-electron chi connectivity index (χ0n) is 15.5. The summed E-state index contributed by atoms with van der Waals surface area (Å²) in [7, 11) is 1.88. The summed E-state index contributed by atoms with van der Waals surface area (Å²) in [5, 5.41) is 8.95. The van der Waals surface area contributed by atoms with Crippen LogP contribution in [-0.2, 0) is 9.59 Å². The largest absolute Gasteiger partial charge is 0.480 e. The molecule has 2 aliphatic rings. The Morgan fingerprint density at radius 3 is 2.33 bits per heavy atom. The normalized spacial score (nSPS) is 28.9. The van der Waals surface area contributed by atoms with Crippen molar-refractivity contribution in [3.63, 3.8) is 0 Å². The second kappa shape index (κ2) is 8.84. The fourth-order valence-corrected chi connectivity index (χ4v) is 4.37. The van der Waals surface area contributed by atoms with Crippen LogP contribution in [0.3, 0.4) is 0 Å². The van der Waals surface area contributed by atoms with Gasteiger partial charge in [-0.05, 0) is 63.8 Å². The van der Waals surface area contributed by atoms with Gasteiger partial charge in [0.15, 0.2) is 0 Å². The van der Waals surface area contributed by atoms with E-state index in [9.17, 15) is 9.59 Å². The number of hydrogen-bond acceptors (Lipinski definition) is 3. The first-order valence-corrected chi connectivity index (χ1v) is 9.59. The predicted molar refractivity (Wildman–Crippen MR) is 94.8 cm³/mol. The minimum Gasteiger partial charge on any atom is -0.480 e. The number of hydrogen-bond donors (Lipinski definition) is 1. The standard InChI is InChI=1S/C19H34N2O3/c1-14(2)15-6-8-16(9-7-15)19(24)21-11-4-5-17(10-12-21)20(3)13-18(22)23/h14-17H,4-13H2,1-3H3,(H,22,23). The quantitative estimate of drug-likeness (QED) is 0.837. The van der Waals surface area contributed by atoms with Crippen LogP contribution < -0.4 is 0 Å². The van der Waals surface area contributed by atoms with Gasteiger partial charge in [-0.15, -0.1) is 0 Å². The molecule has 2 fully saturated rings. The predicted octanol–water partition coefficient (Wildman–Crippen LogP) is 2.85. The second-order valence-corrected chi connectivity index (χ2v) is 8.07. The smallest absolute Gasteiger partial charge is 0.317 e. The molecule has 0 spiro atoms. The lowest BCUT2D eigenvalue weighted by Crippen LogP contribution is -2.40. The Kier molecular flexibility index (Phi) is 7.08. The molecule has 1 amide bonds. The molecule has 1 saturated heterocycles. The third-order valence-electron chi connectivity index (χ3n) is 6.08. The summed E-state index contributed by atoms with van der Waals surface area (Å²) >= 11 is 0. The topological polar surface area (TPSA) is 60.9 Å². The molecule has 24 heavy (non-hydrogen) atoms. The van der Waals surface area contributed by atoms with Gasteiger partial charge in [-0.2, -0.15) is 0 Å². The van der Waals surface area contributed by atoms with Gasteiger partial charge < -0.3 is 10.0 Å². The first-order valence-electron chi connectivity index (χ1n) is 9.59. The van der Waals surface area contributed by atoms with Gasteiger partial charge in [0.1, 0.15) is 0 Å². The van der Waals surface area contributed by atoms with Crippen LogP contribution in [0.2, 0.25) is 0 Å². The lowest BCUT2D eigenvalue weighted by Gasteiger charge is -2.33. The second-order valence-electron chi connectivity index (χ2n) is 8.07. The maximum absolute atomic E-state index is 12.9. The number of carbonyl (C=O) groups is 2. The lowest BCUT2D eigenvalue weighted by molar-refractivity contribution is -0.139. The van der Waals surface area contributed by atoms with Gasteiger partial charge in [0.05, 0.1) is 6.54 Å². The van der Waals surface area contributed by atoms with E-state index in [2.05, 4.69) is 18.7 Å². The highest BCUT2D eigenvalue weighted by molar-refractivity contribution is 5.79. The molecular weight excluding hydrogens is 304 g/mol. The van der Waals surface area contributed by atoms with Crippen LogP contribution in [0.5, 0.6) is 0 Å². The average Bonchev–Trinajstić information content (AvgIpc) is 2.79. The number of aliphatic carboxylic acids is 1. The molecule has 0 aromatic carbocycles. The Labute approximate surface area is 146 Å². The molecule has 1 aliphatic carbocycles. The Morgan fingerprint density at radius 1 is 1.08 bits per heavy atom. The maximum atomic E-state index is 12.9. The summed E-state index contributed by atoms with van der Waals surface area (Å²) < 4.78 is 0. The van der Waals surface area contributed by atoms with E-state index < -0.39 is 5.97 Å². The molecular formula is C19H34N2O3. The number of likely N-dealkylation sites (tertiary alicyclic amines) is 1. The zero-order chi connectivity index (χ0) is 17.7. The van der Waals surface area contributed by atoms with Crippen LogP contribution in [0.15, 0.2) is 0 Å². The monoisotopic (exact) mass is 338 g/mol. The summed E-state index contributed by atoms with van der Waals surface area (Å²) in [6.07, 6.45) is 7.30. The van der Waals surface area contributed by atoms with Gasteiger partial charge in [0, 0.05) is 25.0 Å². The Morgan fingerprint density at radius 2 is 1.75 bits per heavy atom. The minimum atomic E-state index is -0.781. The number of nitrogens with zero attached hydrogens (tertiary/aromatic N) is 2. The van der Waals surface area contributed by atoms with Crippen molar-refractivity contribution in [1.82, 2.24) is 9.80 Å². The molecule has 5 heteroatoms. The van der Waals surface area contributed by atoms with Crippen molar-refractivity contribution < 1.29 is 14.7 Å². The molecule has 0 radical (unpaired) electrons. The Balaban J connectivity index is 1.83. The van der Waals surface area contributed by atoms with Crippen LogP contribution in [0.25, 0.3) is 0 Å². The van der Waals surface area contributed by atoms with Gasteiger partial charge in [-0.25, -0.2) is 0 Å². The molecule has 5 nitrogen and oxygen atoms in total. The van der Waals surface area contributed by atoms with E-state index in [-0.39, 0.29) is 18.5 Å². The van der Waals surface area contributed by atoms with Crippen LogP contribution in [0.1, 0.15) is 58.8 Å². The minimum absolute atomic E-state index is 0.0812. The van der Waals surface area contributed by atoms with E-state index in [4.69, 9.17) is 5.11 Å². The summed E-state index contributed by atoms with van der Waals surface area (Å²) in [4.78, 5) is 27.7. The van der Waals surface area contributed by atoms with Crippen molar-refractivity contribution in [2.75, 3.05) is 26.7 Å². The number of amides is 1. The molecule has 1 heterocycles. The number of carbonyl (C=O) groups excluding carboxylic acids is 1. The van der Waals surface area contributed by atoms with Crippen molar-refractivity contribution in [3.05, 3.63) is 0 Å². The van der Waals surface area contributed by atoms with Gasteiger partial charge in [-0.3, -0.25) is 14.5 Å². The van der Waals surface area contributed by atoms with Crippen molar-refractivity contribution in [2.45, 2.75) is 64.8 Å². The molecule has 0 aromatic rings. The van der Waals surface area contributed by atoms with E-state index in [0.29, 0.717) is 5.91 Å². The fourth-order valence-electron chi connectivity index (χ4n) is 4.37. The summed E-state index contributed by atoms with van der Waals surface area (Å²) in [5.41, 5.74) is 0. The number of rotatable bonds is 5. The van der Waals surface area contributed by atoms with Gasteiger partial charge in [0.2, 0.25) is 5.91 Å². The highest BCUT2D eigenvalue weighted by atomic mass is 16.4. The molecule has 0 aromatic heterocycles. The molecule has 138 valence electrons. The van der Waals surface area contributed by atoms with Crippen molar-refractivity contribution in [2.24, 2.45) is 17.8 Å². The third-order valence-corrected chi connectivity index (χ3v) is 6.08.